The third kappa shape index (κ3) is 5.36. The lowest BCUT2D eigenvalue weighted by Gasteiger charge is -2.12. The van der Waals surface area contributed by atoms with Crippen LogP contribution in [0.2, 0.25) is 0 Å². The van der Waals surface area contributed by atoms with Gasteiger partial charge >= 0.3 is 12.1 Å². The Balaban J connectivity index is 0.000000423. The molecule has 0 amide bonds. The molecule has 2 aromatic carbocycles. The molecule has 3 rings (SSSR count). The summed E-state index contributed by atoms with van der Waals surface area (Å²) < 4.78 is 64.7. The zero-order valence-corrected chi connectivity index (χ0v) is 17.7. The fourth-order valence-electron chi connectivity index (χ4n) is 2.85. The van der Waals surface area contributed by atoms with E-state index in [2.05, 4.69) is 5.32 Å². The standard InChI is InChI=1S/C18H20N2O3S.C2HF3O2/c1-13-7-8-17(23-3)18(11-13)24(21,22)20-10-9-15-14(12-19-2)5-4-6-16(15)20;3-2(4,5)1(6)7/h4-11,19H,12H2,1-3H3;(H,6,7). The van der Waals surface area contributed by atoms with Crippen LogP contribution in [0.25, 0.3) is 10.9 Å². The van der Waals surface area contributed by atoms with Gasteiger partial charge in [0.1, 0.15) is 10.6 Å². The van der Waals surface area contributed by atoms with E-state index >= 15 is 0 Å². The van der Waals surface area contributed by atoms with Gasteiger partial charge in [0.05, 0.1) is 12.6 Å². The maximum Gasteiger partial charge on any atom is 0.490 e. The van der Waals surface area contributed by atoms with E-state index in [-0.39, 0.29) is 4.90 Å². The molecule has 11 heteroatoms. The number of carboxylic acids is 1. The van der Waals surface area contributed by atoms with Gasteiger partial charge in [-0.2, -0.15) is 13.2 Å². The van der Waals surface area contributed by atoms with E-state index in [1.54, 1.807) is 18.3 Å². The van der Waals surface area contributed by atoms with Crippen LogP contribution in [0.1, 0.15) is 11.1 Å². The number of hydrogen-bond acceptors (Lipinski definition) is 5. The highest BCUT2D eigenvalue weighted by Crippen LogP contribution is 2.30. The van der Waals surface area contributed by atoms with Crippen molar-refractivity contribution in [3.05, 3.63) is 59.8 Å². The number of fused-ring (bicyclic) bond motifs is 1. The maximum atomic E-state index is 13.2. The third-order valence-corrected chi connectivity index (χ3v) is 5.96. The first kappa shape index (κ1) is 24.2. The summed E-state index contributed by atoms with van der Waals surface area (Å²) in [6.07, 6.45) is -3.49. The molecule has 0 bridgehead atoms. The van der Waals surface area contributed by atoms with Crippen molar-refractivity contribution in [3.63, 3.8) is 0 Å². The van der Waals surface area contributed by atoms with Crippen LogP contribution in [0.15, 0.2) is 53.6 Å². The summed E-state index contributed by atoms with van der Waals surface area (Å²) in [4.78, 5) is 9.06. The van der Waals surface area contributed by atoms with Crippen molar-refractivity contribution < 1.29 is 36.2 Å². The van der Waals surface area contributed by atoms with Crippen molar-refractivity contribution >= 4 is 26.9 Å². The van der Waals surface area contributed by atoms with E-state index in [0.717, 1.165) is 16.5 Å². The Morgan fingerprint density at radius 2 is 1.84 bits per heavy atom. The van der Waals surface area contributed by atoms with Gasteiger partial charge in [-0.1, -0.05) is 18.2 Å². The highest BCUT2D eigenvalue weighted by molar-refractivity contribution is 7.90. The molecule has 168 valence electrons. The number of aromatic nitrogens is 1. The van der Waals surface area contributed by atoms with Crippen LogP contribution >= 0.6 is 0 Å². The number of benzene rings is 2. The molecule has 3 aromatic rings. The summed E-state index contributed by atoms with van der Waals surface area (Å²) in [6.45, 7) is 2.53. The second-order valence-electron chi connectivity index (χ2n) is 6.45. The van der Waals surface area contributed by atoms with Crippen LogP contribution in [-0.2, 0) is 21.4 Å². The first-order valence-electron chi connectivity index (χ1n) is 8.87. The number of carbonyl (C=O) groups is 1. The summed E-state index contributed by atoms with van der Waals surface area (Å²) >= 11 is 0. The van der Waals surface area contributed by atoms with Crippen molar-refractivity contribution in [2.24, 2.45) is 0 Å². The molecule has 1 heterocycles. The Morgan fingerprint density at radius 3 is 2.39 bits per heavy atom. The van der Waals surface area contributed by atoms with E-state index in [1.165, 1.54) is 11.1 Å². The summed E-state index contributed by atoms with van der Waals surface area (Å²) in [7, 11) is -0.408. The molecule has 7 nitrogen and oxygen atoms in total. The molecule has 1 aromatic heterocycles. The van der Waals surface area contributed by atoms with Gasteiger partial charge in [0.15, 0.2) is 0 Å². The Labute approximate surface area is 177 Å². The molecule has 0 saturated carbocycles. The number of alkyl halides is 3. The molecule has 0 aliphatic heterocycles. The van der Waals surface area contributed by atoms with Crippen LogP contribution in [0.5, 0.6) is 5.75 Å². The van der Waals surface area contributed by atoms with Gasteiger partial charge in [-0.25, -0.2) is 17.2 Å². The van der Waals surface area contributed by atoms with Crippen molar-refractivity contribution in [1.82, 2.24) is 9.29 Å². The predicted octanol–water partition coefficient (Wildman–Crippen LogP) is 3.55. The number of ether oxygens (including phenoxy) is 1. The normalized spacial score (nSPS) is 11.7. The first-order chi connectivity index (χ1) is 14.4. The molecule has 0 atom stereocenters. The smallest absolute Gasteiger partial charge is 0.490 e. The molecule has 0 aliphatic carbocycles. The van der Waals surface area contributed by atoms with E-state index in [4.69, 9.17) is 14.6 Å². The van der Waals surface area contributed by atoms with Crippen LogP contribution in [0.3, 0.4) is 0 Å². The second kappa shape index (κ2) is 9.40. The summed E-state index contributed by atoms with van der Waals surface area (Å²) in [5, 5.41) is 11.1. The number of aryl methyl sites for hydroxylation is 1. The Kier molecular flexibility index (Phi) is 7.34. The number of carboxylic acid groups (broad SMARTS) is 1. The lowest BCUT2D eigenvalue weighted by Crippen LogP contribution is -2.21. The van der Waals surface area contributed by atoms with Gasteiger partial charge in [0, 0.05) is 18.1 Å². The van der Waals surface area contributed by atoms with Crippen molar-refractivity contribution in [2.75, 3.05) is 14.2 Å². The van der Waals surface area contributed by atoms with Gasteiger partial charge in [-0.3, -0.25) is 0 Å². The summed E-state index contributed by atoms with van der Waals surface area (Å²) in [5.74, 6) is -2.42. The Morgan fingerprint density at radius 1 is 1.19 bits per heavy atom. The van der Waals surface area contributed by atoms with E-state index in [0.29, 0.717) is 17.8 Å². The van der Waals surface area contributed by atoms with Gasteiger partial charge < -0.3 is 15.2 Å². The zero-order chi connectivity index (χ0) is 23.4. The molecular formula is C20H21F3N2O5S. The number of methoxy groups -OCH3 is 1. The average molecular weight is 458 g/mol. The van der Waals surface area contributed by atoms with Crippen molar-refractivity contribution in [2.45, 2.75) is 24.5 Å². The van der Waals surface area contributed by atoms with Crippen molar-refractivity contribution in [3.8, 4) is 5.75 Å². The molecule has 0 aliphatic rings. The fraction of sp³-hybridized carbons (Fsp3) is 0.250. The lowest BCUT2D eigenvalue weighted by atomic mass is 10.1. The van der Waals surface area contributed by atoms with Crippen LogP contribution in [0, 0.1) is 6.92 Å². The average Bonchev–Trinajstić information content (AvgIpc) is 3.14. The number of halogens is 3. The fourth-order valence-corrected chi connectivity index (χ4v) is 4.44. The molecule has 2 N–H and O–H groups in total. The van der Waals surface area contributed by atoms with E-state index < -0.39 is 22.2 Å². The number of rotatable bonds is 5. The second-order valence-corrected chi connectivity index (χ2v) is 8.24. The zero-order valence-electron chi connectivity index (χ0n) is 16.9. The Bertz CT molecular complexity index is 1190. The number of nitrogens with zero attached hydrogens (tertiary/aromatic N) is 1. The van der Waals surface area contributed by atoms with Crippen LogP contribution < -0.4 is 10.1 Å². The molecule has 31 heavy (non-hydrogen) atoms. The third-order valence-electron chi connectivity index (χ3n) is 4.25. The highest BCUT2D eigenvalue weighted by atomic mass is 32.2. The van der Waals surface area contributed by atoms with E-state index in [1.807, 2.05) is 44.3 Å². The van der Waals surface area contributed by atoms with Crippen LogP contribution in [0.4, 0.5) is 13.2 Å². The molecule has 0 saturated heterocycles. The van der Waals surface area contributed by atoms with Crippen molar-refractivity contribution in [1.29, 1.82) is 0 Å². The topological polar surface area (TPSA) is 97.6 Å². The van der Waals surface area contributed by atoms with Gasteiger partial charge in [-0.15, -0.1) is 0 Å². The summed E-state index contributed by atoms with van der Waals surface area (Å²) in [6, 6.07) is 12.7. The molecular weight excluding hydrogens is 437 g/mol. The SMILES string of the molecule is CNCc1cccc2c1ccn2S(=O)(=O)c1cc(C)ccc1OC.O=C(O)C(F)(F)F. The van der Waals surface area contributed by atoms with E-state index in [9.17, 15) is 21.6 Å². The number of aliphatic carboxylic acids is 1. The lowest BCUT2D eigenvalue weighted by molar-refractivity contribution is -0.192. The molecule has 0 unspecified atom stereocenters. The number of nitrogens with one attached hydrogen (secondary N) is 1. The summed E-state index contributed by atoms with van der Waals surface area (Å²) in [5.41, 5.74) is 2.58. The molecule has 0 radical (unpaired) electrons. The predicted molar refractivity (Wildman–Crippen MR) is 109 cm³/mol. The monoisotopic (exact) mass is 458 g/mol. The van der Waals surface area contributed by atoms with Gasteiger partial charge in [0.25, 0.3) is 10.0 Å². The number of hydrogen-bond donors (Lipinski definition) is 2. The largest absolute Gasteiger partial charge is 0.495 e. The van der Waals surface area contributed by atoms with Gasteiger partial charge in [0.2, 0.25) is 0 Å². The molecule has 0 fully saturated rings. The maximum absolute atomic E-state index is 13.2. The minimum absolute atomic E-state index is 0.168. The first-order valence-corrected chi connectivity index (χ1v) is 10.3. The van der Waals surface area contributed by atoms with Crippen LogP contribution in [-0.4, -0.2) is 43.8 Å². The highest BCUT2D eigenvalue weighted by Gasteiger charge is 2.38. The Hall–Kier alpha value is -3.05. The molecule has 0 spiro atoms. The minimum Gasteiger partial charge on any atom is -0.495 e. The van der Waals surface area contributed by atoms with Gasteiger partial charge in [-0.05, 0) is 49.4 Å². The minimum atomic E-state index is -5.08. The quantitative estimate of drug-likeness (QED) is 0.607.